The van der Waals surface area contributed by atoms with Gasteiger partial charge in [0.2, 0.25) is 5.91 Å². The van der Waals surface area contributed by atoms with Crippen molar-refractivity contribution in [3.8, 4) is 0 Å². The van der Waals surface area contributed by atoms with E-state index in [1.807, 2.05) is 0 Å². The first-order valence-electron chi connectivity index (χ1n) is 9.84. The van der Waals surface area contributed by atoms with Gasteiger partial charge in [-0.2, -0.15) is 0 Å². The summed E-state index contributed by atoms with van der Waals surface area (Å²) in [5.74, 6) is -2.81. The van der Waals surface area contributed by atoms with Crippen LogP contribution < -0.4 is 10.2 Å². The van der Waals surface area contributed by atoms with Gasteiger partial charge in [-0.05, 0) is 43.3 Å². The number of methoxy groups -OCH3 is 1. The minimum atomic E-state index is -0.711. The summed E-state index contributed by atoms with van der Waals surface area (Å²) in [5, 5.41) is 2.56. The molecule has 0 bridgehead atoms. The molecule has 32 heavy (non-hydrogen) atoms. The number of nitrogens with zero attached hydrogens (tertiary/aromatic N) is 1. The molecule has 1 atom stereocenters. The van der Waals surface area contributed by atoms with Crippen LogP contribution in [0.3, 0.4) is 0 Å². The number of Topliss-reactive ketones (excluding diaryl/α,β-unsaturated/α-hetero) is 1. The molecule has 1 heterocycles. The molecule has 0 saturated carbocycles. The van der Waals surface area contributed by atoms with E-state index in [1.165, 1.54) is 37.1 Å². The Bertz CT molecular complexity index is 1060. The number of amides is 2. The largest absolute Gasteiger partial charge is 0.465 e. The van der Waals surface area contributed by atoms with Crippen molar-refractivity contribution in [3.63, 3.8) is 0 Å². The Morgan fingerprint density at radius 1 is 1.06 bits per heavy atom. The second-order valence-electron chi connectivity index (χ2n) is 7.24. The summed E-state index contributed by atoms with van der Waals surface area (Å²) >= 11 is 0. The van der Waals surface area contributed by atoms with Crippen LogP contribution in [0.1, 0.15) is 34.1 Å². The van der Waals surface area contributed by atoms with E-state index in [4.69, 9.17) is 4.74 Å². The van der Waals surface area contributed by atoms with Crippen LogP contribution in [0.2, 0.25) is 0 Å². The highest BCUT2D eigenvalue weighted by Crippen LogP contribution is 2.26. The second-order valence-corrected chi connectivity index (χ2v) is 7.24. The average Bonchev–Trinajstić information content (AvgIpc) is 3.18. The zero-order chi connectivity index (χ0) is 23.3. The molecular formula is C23H22N2O7. The van der Waals surface area contributed by atoms with E-state index in [0.717, 1.165) is 0 Å². The molecule has 1 saturated heterocycles. The van der Waals surface area contributed by atoms with E-state index in [-0.39, 0.29) is 24.7 Å². The topological polar surface area (TPSA) is 119 Å². The summed E-state index contributed by atoms with van der Waals surface area (Å²) < 4.78 is 9.72. The third-order valence-electron chi connectivity index (χ3n) is 4.96. The highest BCUT2D eigenvalue weighted by Gasteiger charge is 2.36. The van der Waals surface area contributed by atoms with Crippen molar-refractivity contribution in [2.24, 2.45) is 5.92 Å². The first-order valence-corrected chi connectivity index (χ1v) is 9.84. The van der Waals surface area contributed by atoms with E-state index < -0.39 is 30.4 Å². The van der Waals surface area contributed by atoms with Gasteiger partial charge >= 0.3 is 11.9 Å². The molecule has 9 nitrogen and oxygen atoms in total. The van der Waals surface area contributed by atoms with Gasteiger partial charge in [-0.25, -0.2) is 4.79 Å². The lowest BCUT2D eigenvalue weighted by Gasteiger charge is -2.16. The van der Waals surface area contributed by atoms with Crippen LogP contribution in [-0.2, 0) is 23.9 Å². The molecule has 9 heteroatoms. The summed E-state index contributed by atoms with van der Waals surface area (Å²) in [5.41, 5.74) is 1.75. The van der Waals surface area contributed by atoms with Gasteiger partial charge in [0.25, 0.3) is 5.91 Å². The van der Waals surface area contributed by atoms with Crippen LogP contribution in [0.15, 0.2) is 48.5 Å². The molecule has 2 amide bonds. The fraction of sp³-hybridized carbons (Fsp3) is 0.261. The number of nitrogens with one attached hydrogen (secondary N) is 1. The van der Waals surface area contributed by atoms with Crippen molar-refractivity contribution >= 4 is 40.9 Å². The van der Waals surface area contributed by atoms with Crippen molar-refractivity contribution in [2.75, 3.05) is 30.5 Å². The SMILES string of the molecule is COC(=O)c1ccc(N2C[C@@H](C(=O)OCC(=O)Nc3cccc(C(C)=O)c3)CC2=O)cc1. The molecule has 2 aromatic carbocycles. The van der Waals surface area contributed by atoms with Gasteiger partial charge in [-0.1, -0.05) is 12.1 Å². The van der Waals surface area contributed by atoms with Crippen molar-refractivity contribution in [3.05, 3.63) is 59.7 Å². The Hall–Kier alpha value is -4.01. The van der Waals surface area contributed by atoms with Crippen LogP contribution in [0.25, 0.3) is 0 Å². The second kappa shape index (κ2) is 9.86. The van der Waals surface area contributed by atoms with E-state index in [1.54, 1.807) is 30.3 Å². The lowest BCUT2D eigenvalue weighted by Crippen LogP contribution is -2.28. The molecule has 1 fully saturated rings. The summed E-state index contributed by atoms with van der Waals surface area (Å²) in [6.45, 7) is 1.02. The third-order valence-corrected chi connectivity index (χ3v) is 4.96. The first-order chi connectivity index (χ1) is 15.3. The molecule has 2 aromatic rings. The van der Waals surface area contributed by atoms with E-state index in [9.17, 15) is 24.0 Å². The molecule has 166 valence electrons. The fourth-order valence-corrected chi connectivity index (χ4v) is 3.28. The Balaban J connectivity index is 1.53. The summed E-state index contributed by atoms with van der Waals surface area (Å²) in [4.78, 5) is 61.2. The summed E-state index contributed by atoms with van der Waals surface area (Å²) in [6.07, 6.45) is -0.0418. The van der Waals surface area contributed by atoms with Crippen LogP contribution in [0, 0.1) is 5.92 Å². The number of hydrogen-bond acceptors (Lipinski definition) is 7. The molecule has 0 radical (unpaired) electrons. The Morgan fingerprint density at radius 2 is 1.78 bits per heavy atom. The van der Waals surface area contributed by atoms with Crippen LogP contribution >= 0.6 is 0 Å². The van der Waals surface area contributed by atoms with Crippen molar-refractivity contribution in [2.45, 2.75) is 13.3 Å². The number of benzene rings is 2. The van der Waals surface area contributed by atoms with E-state index in [0.29, 0.717) is 22.5 Å². The lowest BCUT2D eigenvalue weighted by atomic mass is 10.1. The molecule has 0 aliphatic carbocycles. The molecule has 0 unspecified atom stereocenters. The van der Waals surface area contributed by atoms with Gasteiger partial charge in [-0.3, -0.25) is 19.2 Å². The van der Waals surface area contributed by atoms with E-state index >= 15 is 0 Å². The molecule has 1 aliphatic rings. The number of carbonyl (C=O) groups is 5. The molecule has 1 aliphatic heterocycles. The lowest BCUT2D eigenvalue weighted by molar-refractivity contribution is -0.151. The van der Waals surface area contributed by atoms with Gasteiger partial charge in [0.15, 0.2) is 12.4 Å². The van der Waals surface area contributed by atoms with Crippen molar-refractivity contribution in [1.29, 1.82) is 0 Å². The number of hydrogen-bond donors (Lipinski definition) is 1. The highest BCUT2D eigenvalue weighted by molar-refractivity contribution is 6.01. The predicted molar refractivity (Wildman–Crippen MR) is 114 cm³/mol. The van der Waals surface area contributed by atoms with Gasteiger partial charge in [0.05, 0.1) is 18.6 Å². The van der Waals surface area contributed by atoms with Crippen LogP contribution in [0.4, 0.5) is 11.4 Å². The number of carbonyl (C=O) groups excluding carboxylic acids is 5. The van der Waals surface area contributed by atoms with Crippen LogP contribution in [0.5, 0.6) is 0 Å². The van der Waals surface area contributed by atoms with Gasteiger partial charge < -0.3 is 19.7 Å². The monoisotopic (exact) mass is 438 g/mol. The number of ether oxygens (including phenoxy) is 2. The molecule has 0 spiro atoms. The maximum absolute atomic E-state index is 12.4. The molecular weight excluding hydrogens is 416 g/mol. The normalized spacial score (nSPS) is 15.2. The summed E-state index contributed by atoms with van der Waals surface area (Å²) in [6, 6.07) is 12.7. The molecule has 0 aromatic heterocycles. The maximum Gasteiger partial charge on any atom is 0.337 e. The molecule has 3 rings (SSSR count). The maximum atomic E-state index is 12.4. The van der Waals surface area contributed by atoms with Gasteiger partial charge in [-0.15, -0.1) is 0 Å². The van der Waals surface area contributed by atoms with Crippen molar-refractivity contribution in [1.82, 2.24) is 0 Å². The first kappa shape index (κ1) is 22.7. The predicted octanol–water partition coefficient (Wildman–Crippen LogP) is 2.21. The zero-order valence-corrected chi connectivity index (χ0v) is 17.6. The summed E-state index contributed by atoms with van der Waals surface area (Å²) in [7, 11) is 1.28. The standard InChI is InChI=1S/C23H22N2O7/c1-14(26)16-4-3-5-18(10-16)24-20(27)13-32-23(30)17-11-21(28)25(12-17)19-8-6-15(7-9-19)22(29)31-2/h3-10,17H,11-13H2,1-2H3,(H,24,27)/t17-/m0/s1. The third kappa shape index (κ3) is 5.37. The Labute approximate surface area is 184 Å². The number of esters is 2. The quantitative estimate of drug-likeness (QED) is 0.520. The number of rotatable bonds is 7. The molecule has 1 N–H and O–H groups in total. The highest BCUT2D eigenvalue weighted by atomic mass is 16.5. The number of ketones is 1. The number of anilines is 2. The fourth-order valence-electron chi connectivity index (χ4n) is 3.28. The van der Waals surface area contributed by atoms with Gasteiger partial charge in [0.1, 0.15) is 0 Å². The Kier molecular flexibility index (Phi) is 6.99. The Morgan fingerprint density at radius 3 is 2.44 bits per heavy atom. The van der Waals surface area contributed by atoms with E-state index in [2.05, 4.69) is 10.1 Å². The average molecular weight is 438 g/mol. The van der Waals surface area contributed by atoms with Crippen LogP contribution in [-0.4, -0.2) is 49.8 Å². The zero-order valence-electron chi connectivity index (χ0n) is 17.6. The minimum absolute atomic E-state index is 0.0418. The smallest absolute Gasteiger partial charge is 0.337 e. The van der Waals surface area contributed by atoms with Crippen molar-refractivity contribution < 1.29 is 33.4 Å². The minimum Gasteiger partial charge on any atom is -0.465 e. The van der Waals surface area contributed by atoms with Gasteiger partial charge in [0, 0.05) is 29.9 Å².